The molecule has 1 aromatic rings. The molecule has 0 bridgehead atoms. The molecule has 0 saturated heterocycles. The maximum Gasteiger partial charge on any atom is 0.465 e. The molecule has 1 rings (SSSR count). The van der Waals surface area contributed by atoms with Gasteiger partial charge in [-0.05, 0) is 17.7 Å². The van der Waals surface area contributed by atoms with Crippen LogP contribution in [0.4, 0.5) is 43.9 Å². The van der Waals surface area contributed by atoms with Crippen LogP contribution in [0.1, 0.15) is 5.56 Å². The zero-order valence-corrected chi connectivity index (χ0v) is 13.1. The van der Waals surface area contributed by atoms with Gasteiger partial charge < -0.3 is 9.47 Å². The van der Waals surface area contributed by atoms with Gasteiger partial charge >= 0.3 is 36.1 Å². The number of benzene rings is 1. The Kier molecular flexibility index (Phi) is 6.57. The summed E-state index contributed by atoms with van der Waals surface area (Å²) in [4.78, 5) is 21.7. The number of rotatable bonds is 6. The summed E-state index contributed by atoms with van der Waals surface area (Å²) in [6.45, 7) is -1.01. The standard InChI is InChI=1S/C14H8F10O4/c15-11(16,13(19,20)21)9(25)27-5-4-7-2-1-3-8(6-7)28-10(26)12(17,18)14(22,23)24/h1-3,6H,4-5H2. The lowest BCUT2D eigenvalue weighted by molar-refractivity contribution is -0.280. The highest BCUT2D eigenvalue weighted by molar-refractivity contribution is 5.81. The van der Waals surface area contributed by atoms with Gasteiger partial charge in [0.05, 0.1) is 6.61 Å². The largest absolute Gasteiger partial charge is 0.465 e. The summed E-state index contributed by atoms with van der Waals surface area (Å²) in [5, 5.41) is 0. The Balaban J connectivity index is 2.73. The van der Waals surface area contributed by atoms with Crippen LogP contribution in [0, 0.1) is 0 Å². The van der Waals surface area contributed by atoms with E-state index < -0.39 is 54.9 Å². The molecule has 0 spiro atoms. The molecule has 0 heterocycles. The predicted octanol–water partition coefficient (Wildman–Crippen LogP) is 4.07. The highest BCUT2D eigenvalue weighted by Crippen LogP contribution is 2.37. The lowest BCUT2D eigenvalue weighted by atomic mass is 10.1. The molecule has 14 heteroatoms. The SMILES string of the molecule is O=C(OCCc1cccc(OC(=O)C(F)(F)C(F)(F)F)c1)C(F)(F)C(F)(F)F. The number of halogens is 10. The summed E-state index contributed by atoms with van der Waals surface area (Å²) in [7, 11) is 0. The fraction of sp³-hybridized carbons (Fsp3) is 0.429. The predicted molar refractivity (Wildman–Crippen MR) is 68.7 cm³/mol. The van der Waals surface area contributed by atoms with E-state index in [1.165, 1.54) is 0 Å². The normalized spacial score (nSPS) is 13.2. The van der Waals surface area contributed by atoms with E-state index in [1.807, 2.05) is 0 Å². The van der Waals surface area contributed by atoms with Gasteiger partial charge in [-0.15, -0.1) is 0 Å². The Hall–Kier alpha value is -2.54. The first-order valence-electron chi connectivity index (χ1n) is 6.87. The molecule has 0 aliphatic heterocycles. The van der Waals surface area contributed by atoms with E-state index in [0.717, 1.165) is 24.3 Å². The molecule has 0 atom stereocenters. The third-order valence-corrected chi connectivity index (χ3v) is 2.96. The molecule has 0 aliphatic carbocycles. The van der Waals surface area contributed by atoms with Crippen molar-refractivity contribution in [1.82, 2.24) is 0 Å². The van der Waals surface area contributed by atoms with E-state index in [-0.39, 0.29) is 5.56 Å². The zero-order valence-electron chi connectivity index (χ0n) is 13.1. The second kappa shape index (κ2) is 7.83. The second-order valence-corrected chi connectivity index (χ2v) is 5.07. The van der Waals surface area contributed by atoms with Crippen LogP contribution in [0.3, 0.4) is 0 Å². The van der Waals surface area contributed by atoms with Gasteiger partial charge in [0, 0.05) is 6.42 Å². The Morgan fingerprint density at radius 3 is 1.79 bits per heavy atom. The van der Waals surface area contributed by atoms with Crippen LogP contribution in [0.5, 0.6) is 5.75 Å². The molecule has 4 nitrogen and oxygen atoms in total. The van der Waals surface area contributed by atoms with Crippen molar-refractivity contribution >= 4 is 11.9 Å². The van der Waals surface area contributed by atoms with Crippen LogP contribution in [-0.4, -0.2) is 42.7 Å². The summed E-state index contributed by atoms with van der Waals surface area (Å²) < 4.78 is 131. The molecule has 28 heavy (non-hydrogen) atoms. The summed E-state index contributed by atoms with van der Waals surface area (Å²) >= 11 is 0. The zero-order chi connectivity index (χ0) is 22.0. The molecular weight excluding hydrogens is 422 g/mol. The minimum Gasteiger partial charge on any atom is -0.461 e. The van der Waals surface area contributed by atoms with Crippen LogP contribution < -0.4 is 4.74 Å². The lowest BCUT2D eigenvalue weighted by Crippen LogP contribution is -2.46. The van der Waals surface area contributed by atoms with Crippen LogP contribution >= 0.6 is 0 Å². The number of esters is 2. The number of ether oxygens (including phenoxy) is 2. The third kappa shape index (κ3) is 5.25. The van der Waals surface area contributed by atoms with E-state index in [4.69, 9.17) is 0 Å². The van der Waals surface area contributed by atoms with E-state index in [1.54, 1.807) is 0 Å². The van der Waals surface area contributed by atoms with Crippen molar-refractivity contribution in [3.05, 3.63) is 29.8 Å². The van der Waals surface area contributed by atoms with E-state index >= 15 is 0 Å². The van der Waals surface area contributed by atoms with Crippen molar-refractivity contribution in [2.75, 3.05) is 6.61 Å². The average Bonchev–Trinajstić information content (AvgIpc) is 2.52. The highest BCUT2D eigenvalue weighted by atomic mass is 19.4. The minimum absolute atomic E-state index is 0.0937. The van der Waals surface area contributed by atoms with Crippen LogP contribution in [0.15, 0.2) is 24.3 Å². The maximum absolute atomic E-state index is 12.8. The van der Waals surface area contributed by atoms with Gasteiger partial charge in [0.25, 0.3) is 0 Å². The summed E-state index contributed by atoms with van der Waals surface area (Å²) in [5.41, 5.74) is -0.0937. The molecule has 0 saturated carbocycles. The number of carbonyl (C=O) groups is 2. The van der Waals surface area contributed by atoms with Gasteiger partial charge in [0.1, 0.15) is 5.75 Å². The number of hydrogen-bond donors (Lipinski definition) is 0. The molecule has 0 radical (unpaired) electrons. The Morgan fingerprint density at radius 1 is 0.786 bits per heavy atom. The van der Waals surface area contributed by atoms with Gasteiger partial charge in [-0.1, -0.05) is 12.1 Å². The van der Waals surface area contributed by atoms with Gasteiger partial charge in [0.15, 0.2) is 0 Å². The number of hydrogen-bond acceptors (Lipinski definition) is 4. The smallest absolute Gasteiger partial charge is 0.461 e. The molecule has 0 amide bonds. The van der Waals surface area contributed by atoms with Gasteiger partial charge in [-0.3, -0.25) is 0 Å². The first kappa shape index (κ1) is 23.5. The van der Waals surface area contributed by atoms with Crippen LogP contribution in [0.25, 0.3) is 0 Å². The Bertz CT molecular complexity index is 724. The summed E-state index contributed by atoms with van der Waals surface area (Å²) in [6, 6.07) is 3.64. The van der Waals surface area contributed by atoms with Gasteiger partial charge in [-0.2, -0.15) is 43.9 Å². The molecule has 0 aliphatic rings. The van der Waals surface area contributed by atoms with Crippen LogP contribution in [-0.2, 0) is 20.7 Å². The van der Waals surface area contributed by atoms with Gasteiger partial charge in [0.2, 0.25) is 0 Å². The Morgan fingerprint density at radius 2 is 1.29 bits per heavy atom. The average molecular weight is 430 g/mol. The van der Waals surface area contributed by atoms with Crippen molar-refractivity contribution < 1.29 is 63.0 Å². The molecule has 0 unspecified atom stereocenters. The molecule has 0 fully saturated rings. The third-order valence-electron chi connectivity index (χ3n) is 2.96. The van der Waals surface area contributed by atoms with Gasteiger partial charge in [-0.25, -0.2) is 9.59 Å². The first-order chi connectivity index (χ1) is 12.5. The van der Waals surface area contributed by atoms with Crippen molar-refractivity contribution in [2.24, 2.45) is 0 Å². The summed E-state index contributed by atoms with van der Waals surface area (Å²) in [6.07, 6.45) is -12.9. The van der Waals surface area contributed by atoms with Crippen molar-refractivity contribution in [3.63, 3.8) is 0 Å². The van der Waals surface area contributed by atoms with E-state index in [2.05, 4.69) is 9.47 Å². The maximum atomic E-state index is 12.8. The number of alkyl halides is 10. The van der Waals surface area contributed by atoms with Crippen molar-refractivity contribution in [2.45, 2.75) is 30.6 Å². The van der Waals surface area contributed by atoms with Crippen LogP contribution in [0.2, 0.25) is 0 Å². The van der Waals surface area contributed by atoms with E-state index in [9.17, 15) is 53.5 Å². The monoisotopic (exact) mass is 430 g/mol. The quantitative estimate of drug-likeness (QED) is 0.388. The lowest BCUT2D eigenvalue weighted by Gasteiger charge is -2.18. The molecule has 0 aromatic heterocycles. The molecule has 1 aromatic carbocycles. The molecular formula is C14H8F10O4. The fourth-order valence-electron chi connectivity index (χ4n) is 1.52. The van der Waals surface area contributed by atoms with Crippen molar-refractivity contribution in [1.29, 1.82) is 0 Å². The van der Waals surface area contributed by atoms with Crippen molar-refractivity contribution in [3.8, 4) is 5.75 Å². The molecule has 158 valence electrons. The fourth-order valence-corrected chi connectivity index (χ4v) is 1.52. The minimum atomic E-state index is -6.21. The molecule has 0 N–H and O–H groups in total. The number of carbonyl (C=O) groups excluding carboxylic acids is 2. The first-order valence-corrected chi connectivity index (χ1v) is 6.87. The highest BCUT2D eigenvalue weighted by Gasteiger charge is 2.65. The Labute approximate surface area is 149 Å². The summed E-state index contributed by atoms with van der Waals surface area (Å²) in [5.74, 6) is -18.2. The topological polar surface area (TPSA) is 52.6 Å². The second-order valence-electron chi connectivity index (χ2n) is 5.07. The van der Waals surface area contributed by atoms with E-state index in [0.29, 0.717) is 0 Å².